The summed E-state index contributed by atoms with van der Waals surface area (Å²) in [6.07, 6.45) is -5.59. The van der Waals surface area contributed by atoms with E-state index in [4.69, 9.17) is 46.3 Å². The fraction of sp³-hybridized carbons (Fsp3) is 0.524. The highest BCUT2D eigenvalue weighted by atomic mass is 32.7. The molecule has 4 aromatic rings. The van der Waals surface area contributed by atoms with E-state index in [0.717, 1.165) is 4.57 Å². The van der Waals surface area contributed by atoms with Crippen molar-refractivity contribution in [1.82, 2.24) is 34.1 Å². The van der Waals surface area contributed by atoms with Gasteiger partial charge < -0.3 is 34.9 Å². The zero-order valence-corrected chi connectivity index (χ0v) is 26.9. The molecule has 242 valence electrons. The predicted octanol–water partition coefficient (Wildman–Crippen LogP) is 1.06. The fourth-order valence-electron chi connectivity index (χ4n) is 5.67. The van der Waals surface area contributed by atoms with Crippen LogP contribution < -0.4 is 21.9 Å². The van der Waals surface area contributed by atoms with Gasteiger partial charge in [0.2, 0.25) is 5.95 Å². The maximum atomic E-state index is 16.0. The van der Waals surface area contributed by atoms with E-state index in [-0.39, 0.29) is 52.5 Å². The Morgan fingerprint density at radius 1 is 1.16 bits per heavy atom. The number of hydrogen-bond acceptors (Lipinski definition) is 16. The van der Waals surface area contributed by atoms with Gasteiger partial charge in [0.05, 0.1) is 25.6 Å². The molecule has 18 nitrogen and oxygen atoms in total. The molecule has 7 rings (SSSR count). The van der Waals surface area contributed by atoms with Gasteiger partial charge >= 0.3 is 11.6 Å². The van der Waals surface area contributed by atoms with Crippen molar-refractivity contribution in [3.8, 4) is 0 Å². The van der Waals surface area contributed by atoms with Gasteiger partial charge in [-0.25, -0.2) is 19.3 Å². The van der Waals surface area contributed by atoms with E-state index in [1.807, 2.05) is 0 Å². The van der Waals surface area contributed by atoms with Gasteiger partial charge in [-0.3, -0.25) is 32.8 Å². The van der Waals surface area contributed by atoms with Crippen LogP contribution in [0.5, 0.6) is 0 Å². The third-order valence-corrected chi connectivity index (χ3v) is 12.4. The normalized spacial score (nSPS) is 36.0. The van der Waals surface area contributed by atoms with Crippen LogP contribution in [-0.2, 0) is 39.4 Å². The number of hydrogen-bond donors (Lipinski definition) is 5. The minimum absolute atomic E-state index is 0.0178. The van der Waals surface area contributed by atoms with E-state index >= 15 is 4.39 Å². The molecule has 3 aliphatic heterocycles. The van der Waals surface area contributed by atoms with Crippen molar-refractivity contribution in [3.05, 3.63) is 32.7 Å². The molecule has 4 aromatic heterocycles. The number of fused-ring (bicyclic) bond motifs is 5. The topological polar surface area (TPSA) is 247 Å². The number of imidazole rings is 1. The van der Waals surface area contributed by atoms with Crippen molar-refractivity contribution < 1.29 is 36.9 Å². The zero-order chi connectivity index (χ0) is 31.8. The van der Waals surface area contributed by atoms with E-state index < -0.39 is 73.2 Å². The molecule has 7 heterocycles. The number of aromatic amines is 1. The first-order valence-electron chi connectivity index (χ1n) is 13.2. The third-order valence-electron chi connectivity index (χ3n) is 7.56. The van der Waals surface area contributed by atoms with Crippen LogP contribution in [0.25, 0.3) is 21.5 Å². The Bertz CT molecular complexity index is 2030. The van der Waals surface area contributed by atoms with Gasteiger partial charge in [-0.1, -0.05) is 23.6 Å². The number of nitrogens with zero attached hydrogens (tertiary/aromatic N) is 6. The van der Waals surface area contributed by atoms with Gasteiger partial charge in [0.25, 0.3) is 12.1 Å². The smallest absolute Gasteiger partial charge is 0.325 e. The maximum absolute atomic E-state index is 16.0. The molecule has 2 bridgehead atoms. The van der Waals surface area contributed by atoms with Crippen molar-refractivity contribution >= 4 is 82.0 Å². The first-order valence-corrected chi connectivity index (χ1v) is 19.6. The molecule has 9 atom stereocenters. The maximum Gasteiger partial charge on any atom is 0.325 e. The number of nitrogens with one attached hydrogen (secondary N) is 1. The standard InChI is InChI=1S/C21H24FN9O9P2S3/c22-10-12-9(39-19(10)30-6-27-11-14(23)25-5-26-15(11)30)3-36-41(34,43)4-7-1-8(2-37-42(35,44)40-12)38-18(7)31-16-13(45-21(31)33)17(32)29-20(24)28-16/h5-10,12,18-19H,1-4H2,(H,34,43)(H,35,44)(H2,23,25,26)(H3,24,28,29,32)/t7-,8?,9?,10+,12?,18+,19+,41?,42?/m0/s1. The first-order chi connectivity index (χ1) is 21.3. The molecule has 3 saturated heterocycles. The van der Waals surface area contributed by atoms with Crippen LogP contribution in [0.2, 0.25) is 0 Å². The van der Waals surface area contributed by atoms with Gasteiger partial charge in [0, 0.05) is 12.1 Å². The fourth-order valence-corrected chi connectivity index (χ4v) is 10.2. The van der Waals surface area contributed by atoms with Gasteiger partial charge in [-0.2, -0.15) is 4.98 Å². The Kier molecular flexibility index (Phi) is 7.92. The van der Waals surface area contributed by atoms with Crippen LogP contribution >= 0.6 is 36.9 Å². The van der Waals surface area contributed by atoms with Crippen molar-refractivity contribution in [3.63, 3.8) is 0 Å². The van der Waals surface area contributed by atoms with Gasteiger partial charge in [0.15, 0.2) is 29.5 Å². The number of nitrogens with two attached hydrogens (primary N) is 2. The molecule has 0 amide bonds. The number of anilines is 2. The minimum atomic E-state index is -4.15. The van der Waals surface area contributed by atoms with Crippen LogP contribution in [0.3, 0.4) is 0 Å². The molecular formula is C21H24FN9O9P2S3. The molecule has 5 unspecified atom stereocenters. The third kappa shape index (κ3) is 5.75. The lowest BCUT2D eigenvalue weighted by Crippen LogP contribution is -2.34. The summed E-state index contributed by atoms with van der Waals surface area (Å²) in [6.45, 7) is -8.77. The summed E-state index contributed by atoms with van der Waals surface area (Å²) in [6, 6.07) is 0. The molecule has 0 saturated carbocycles. The molecule has 3 aliphatic rings. The Morgan fingerprint density at radius 2 is 1.96 bits per heavy atom. The second kappa shape index (κ2) is 11.4. The summed E-state index contributed by atoms with van der Waals surface area (Å²) < 4.78 is 61.2. The summed E-state index contributed by atoms with van der Waals surface area (Å²) in [5.74, 6) is -0.821. The summed E-state index contributed by atoms with van der Waals surface area (Å²) in [5.41, 5.74) is 11.4. The molecule has 6 N–H and O–H groups in total. The molecule has 0 spiro atoms. The minimum Gasteiger partial charge on any atom is -0.382 e. The quantitative estimate of drug-likeness (QED) is 0.143. The first kappa shape index (κ1) is 31.3. The second-order valence-corrected chi connectivity index (χ2v) is 18.0. The molecule has 0 radical (unpaired) electrons. The monoisotopic (exact) mass is 723 g/mol. The number of ether oxygens (including phenoxy) is 2. The molecule has 0 aromatic carbocycles. The molecular weight excluding hydrogens is 699 g/mol. The number of halogens is 1. The van der Waals surface area contributed by atoms with Crippen molar-refractivity contribution in [2.75, 3.05) is 30.8 Å². The second-order valence-electron chi connectivity index (χ2n) is 10.5. The summed E-state index contributed by atoms with van der Waals surface area (Å²) >= 11 is 10.2. The molecule has 3 fully saturated rings. The summed E-state index contributed by atoms with van der Waals surface area (Å²) in [5, 5.41) is 0. The SMILES string of the molecule is Nc1nc2c(sc(=O)n2[C@@H]2OC3COP(O)(=S)OC4C(COP(=O)(S)C[C@@H]2C3)O[C@@H](n2cnc3c(N)ncnc32)[C@@H]4F)c(=O)[nH]1. The largest absolute Gasteiger partial charge is 0.382 e. The Morgan fingerprint density at radius 3 is 2.76 bits per heavy atom. The number of aromatic nitrogens is 7. The van der Waals surface area contributed by atoms with Gasteiger partial charge in [-0.05, 0) is 18.2 Å². The number of H-pyrrole nitrogens is 1. The van der Waals surface area contributed by atoms with Crippen LogP contribution in [-0.4, -0.2) is 82.8 Å². The van der Waals surface area contributed by atoms with E-state index in [2.05, 4.69) is 37.2 Å². The highest BCUT2D eigenvalue weighted by Crippen LogP contribution is 2.58. The number of rotatable bonds is 2. The van der Waals surface area contributed by atoms with Crippen LogP contribution in [0.15, 0.2) is 22.2 Å². The lowest BCUT2D eigenvalue weighted by molar-refractivity contribution is -0.0446. The van der Waals surface area contributed by atoms with Crippen LogP contribution in [0, 0.1) is 5.92 Å². The van der Waals surface area contributed by atoms with E-state index in [9.17, 15) is 19.0 Å². The van der Waals surface area contributed by atoms with Gasteiger partial charge in [-0.15, -0.1) is 0 Å². The number of alkyl halides is 1. The van der Waals surface area contributed by atoms with E-state index in [0.29, 0.717) is 11.3 Å². The van der Waals surface area contributed by atoms with E-state index in [1.165, 1.54) is 17.2 Å². The number of nitrogen functional groups attached to an aromatic ring is 2. The number of thiazole rings is 1. The molecule has 0 aliphatic carbocycles. The Labute approximate surface area is 265 Å². The average Bonchev–Trinajstić information content (AvgIpc) is 3.71. The van der Waals surface area contributed by atoms with Crippen molar-refractivity contribution in [2.45, 2.75) is 43.4 Å². The number of thiol groups is 1. The molecule has 45 heavy (non-hydrogen) atoms. The Balaban J connectivity index is 1.20. The average molecular weight is 724 g/mol. The lowest BCUT2D eigenvalue weighted by Gasteiger charge is -2.27. The van der Waals surface area contributed by atoms with Crippen LogP contribution in [0.4, 0.5) is 16.2 Å². The van der Waals surface area contributed by atoms with E-state index in [1.54, 1.807) is 0 Å². The van der Waals surface area contributed by atoms with Crippen molar-refractivity contribution in [1.29, 1.82) is 0 Å². The summed E-state index contributed by atoms with van der Waals surface area (Å²) in [4.78, 5) is 54.5. The van der Waals surface area contributed by atoms with Crippen molar-refractivity contribution in [2.24, 2.45) is 5.92 Å². The molecule has 24 heteroatoms. The summed E-state index contributed by atoms with van der Waals surface area (Å²) in [7, 11) is 0. The van der Waals surface area contributed by atoms with Crippen LogP contribution in [0.1, 0.15) is 18.9 Å². The highest BCUT2D eigenvalue weighted by Gasteiger charge is 2.51. The predicted molar refractivity (Wildman–Crippen MR) is 164 cm³/mol. The lowest BCUT2D eigenvalue weighted by atomic mass is 10.1. The Hall–Kier alpha value is -2.36. The van der Waals surface area contributed by atoms with Gasteiger partial charge in [0.1, 0.15) is 35.0 Å². The zero-order valence-electron chi connectivity index (χ0n) is 22.6. The highest BCUT2D eigenvalue weighted by molar-refractivity contribution is 8.46.